The van der Waals surface area contributed by atoms with E-state index in [2.05, 4.69) is 21.6 Å². The molecule has 1 N–H and O–H groups in total. The van der Waals surface area contributed by atoms with Gasteiger partial charge in [-0.2, -0.15) is 10.2 Å². The van der Waals surface area contributed by atoms with Gasteiger partial charge in [-0.15, -0.1) is 0 Å². The molecule has 0 aliphatic carbocycles. The summed E-state index contributed by atoms with van der Waals surface area (Å²) >= 11 is 0. The van der Waals surface area contributed by atoms with E-state index < -0.39 is 4.92 Å². The SMILES string of the molecule is Cc1cccc(Cn2nc(C)c(NC(=O)CCn3cc([N+](=O)[O-])cn3)c2C)c1. The lowest BCUT2D eigenvalue weighted by Gasteiger charge is -2.08. The first-order chi connectivity index (χ1) is 13.3. The Kier molecular flexibility index (Phi) is 5.53. The molecule has 9 nitrogen and oxygen atoms in total. The molecule has 2 aromatic heterocycles. The number of nitrogens with zero attached hydrogens (tertiary/aromatic N) is 5. The van der Waals surface area contributed by atoms with Crippen LogP contribution in [0.3, 0.4) is 0 Å². The number of rotatable bonds is 7. The minimum absolute atomic E-state index is 0.0930. The van der Waals surface area contributed by atoms with Crippen molar-refractivity contribution in [1.82, 2.24) is 19.6 Å². The van der Waals surface area contributed by atoms with Crippen LogP contribution in [0.25, 0.3) is 0 Å². The van der Waals surface area contributed by atoms with Gasteiger partial charge < -0.3 is 5.32 Å². The highest BCUT2D eigenvalue weighted by atomic mass is 16.6. The maximum Gasteiger partial charge on any atom is 0.306 e. The summed E-state index contributed by atoms with van der Waals surface area (Å²) < 4.78 is 3.26. The third kappa shape index (κ3) is 4.43. The topological polar surface area (TPSA) is 108 Å². The zero-order valence-electron chi connectivity index (χ0n) is 16.0. The fourth-order valence-electron chi connectivity index (χ4n) is 3.00. The number of carbonyl (C=O) groups is 1. The lowest BCUT2D eigenvalue weighted by Crippen LogP contribution is -2.15. The van der Waals surface area contributed by atoms with Crippen molar-refractivity contribution in [2.75, 3.05) is 5.32 Å². The number of nitrogens with one attached hydrogen (secondary N) is 1. The van der Waals surface area contributed by atoms with Gasteiger partial charge in [0.1, 0.15) is 12.4 Å². The molecule has 146 valence electrons. The number of hydrogen-bond donors (Lipinski definition) is 1. The first-order valence-electron chi connectivity index (χ1n) is 8.89. The summed E-state index contributed by atoms with van der Waals surface area (Å²) in [6, 6.07) is 8.21. The number of carbonyl (C=O) groups excluding carboxylic acids is 1. The molecular formula is C19H22N6O3. The molecule has 0 saturated heterocycles. The van der Waals surface area contributed by atoms with Gasteiger partial charge in [-0.3, -0.25) is 24.3 Å². The molecule has 9 heteroatoms. The highest BCUT2D eigenvalue weighted by molar-refractivity contribution is 5.91. The van der Waals surface area contributed by atoms with Crippen LogP contribution in [0.5, 0.6) is 0 Å². The molecule has 0 fully saturated rings. The fourth-order valence-corrected chi connectivity index (χ4v) is 3.00. The maximum absolute atomic E-state index is 12.3. The summed E-state index contributed by atoms with van der Waals surface area (Å²) in [5.74, 6) is -0.195. The minimum Gasteiger partial charge on any atom is -0.323 e. The van der Waals surface area contributed by atoms with Gasteiger partial charge in [0.2, 0.25) is 5.91 Å². The first-order valence-corrected chi connectivity index (χ1v) is 8.89. The molecule has 0 saturated carbocycles. The number of benzene rings is 1. The monoisotopic (exact) mass is 382 g/mol. The van der Waals surface area contributed by atoms with Gasteiger partial charge in [0, 0.05) is 13.0 Å². The molecule has 2 heterocycles. The van der Waals surface area contributed by atoms with Crippen LogP contribution in [-0.2, 0) is 17.9 Å². The molecule has 0 aliphatic heterocycles. The average molecular weight is 382 g/mol. The van der Waals surface area contributed by atoms with Gasteiger partial charge >= 0.3 is 5.69 Å². The van der Waals surface area contributed by atoms with Gasteiger partial charge in [-0.25, -0.2) is 0 Å². The van der Waals surface area contributed by atoms with Crippen LogP contribution in [0.1, 0.15) is 28.9 Å². The standard InChI is InChI=1S/C19H22N6O3/c1-13-5-4-6-16(9-13)11-24-15(3)19(14(2)22-24)21-18(26)7-8-23-12-17(10-20-23)25(27)28/h4-6,9-10,12H,7-8,11H2,1-3H3,(H,21,26). The van der Waals surface area contributed by atoms with Crippen LogP contribution in [-0.4, -0.2) is 30.4 Å². The van der Waals surface area contributed by atoms with E-state index in [1.54, 1.807) is 0 Å². The summed E-state index contributed by atoms with van der Waals surface area (Å²) in [5.41, 5.74) is 4.55. The molecule has 1 aromatic carbocycles. The van der Waals surface area contributed by atoms with Crippen LogP contribution < -0.4 is 5.32 Å². The minimum atomic E-state index is -0.515. The Hall–Kier alpha value is -3.49. The Labute approximate surface area is 162 Å². The lowest BCUT2D eigenvalue weighted by molar-refractivity contribution is -0.385. The summed E-state index contributed by atoms with van der Waals surface area (Å²) in [6.45, 7) is 6.70. The smallest absolute Gasteiger partial charge is 0.306 e. The fraction of sp³-hybridized carbons (Fsp3) is 0.316. The summed E-state index contributed by atoms with van der Waals surface area (Å²) in [4.78, 5) is 22.5. The second kappa shape index (κ2) is 8.03. The van der Waals surface area contributed by atoms with Gasteiger partial charge in [-0.1, -0.05) is 29.8 Å². The number of amides is 1. The lowest BCUT2D eigenvalue weighted by atomic mass is 10.1. The zero-order valence-corrected chi connectivity index (χ0v) is 16.0. The van der Waals surface area contributed by atoms with E-state index >= 15 is 0 Å². The van der Waals surface area contributed by atoms with Crippen molar-refractivity contribution in [2.45, 2.75) is 40.3 Å². The molecule has 0 atom stereocenters. The van der Waals surface area contributed by atoms with Gasteiger partial charge in [0.25, 0.3) is 0 Å². The highest BCUT2D eigenvalue weighted by Crippen LogP contribution is 2.21. The third-order valence-electron chi connectivity index (χ3n) is 4.46. The second-order valence-electron chi connectivity index (χ2n) is 6.71. The average Bonchev–Trinajstić information content (AvgIpc) is 3.21. The molecular weight excluding hydrogens is 360 g/mol. The van der Waals surface area contributed by atoms with Crippen LogP contribution >= 0.6 is 0 Å². The normalized spacial score (nSPS) is 10.8. The third-order valence-corrected chi connectivity index (χ3v) is 4.46. The van der Waals surface area contributed by atoms with Gasteiger partial charge in [-0.05, 0) is 26.3 Å². The Morgan fingerprint density at radius 3 is 2.75 bits per heavy atom. The van der Waals surface area contributed by atoms with E-state index in [-0.39, 0.29) is 24.6 Å². The summed E-state index contributed by atoms with van der Waals surface area (Å²) in [6.07, 6.45) is 2.63. The molecule has 0 bridgehead atoms. The van der Waals surface area contributed by atoms with Crippen molar-refractivity contribution >= 4 is 17.3 Å². The number of aryl methyl sites for hydroxylation is 3. The van der Waals surface area contributed by atoms with E-state index in [1.165, 1.54) is 22.6 Å². The molecule has 3 rings (SSSR count). The Morgan fingerprint density at radius 1 is 1.29 bits per heavy atom. The largest absolute Gasteiger partial charge is 0.323 e. The van der Waals surface area contributed by atoms with Crippen LogP contribution in [0.4, 0.5) is 11.4 Å². The maximum atomic E-state index is 12.3. The first kappa shape index (κ1) is 19.3. The molecule has 0 unspecified atom stereocenters. The van der Waals surface area contributed by atoms with Crippen LogP contribution in [0.15, 0.2) is 36.7 Å². The van der Waals surface area contributed by atoms with E-state index in [4.69, 9.17) is 0 Å². The zero-order chi connectivity index (χ0) is 20.3. The number of nitro groups is 1. The highest BCUT2D eigenvalue weighted by Gasteiger charge is 2.15. The summed E-state index contributed by atoms with van der Waals surface area (Å²) in [5, 5.41) is 22.0. The van der Waals surface area contributed by atoms with Crippen molar-refractivity contribution in [1.29, 1.82) is 0 Å². The van der Waals surface area contributed by atoms with Gasteiger partial charge in [0.15, 0.2) is 0 Å². The molecule has 0 spiro atoms. The van der Waals surface area contributed by atoms with Crippen molar-refractivity contribution in [3.8, 4) is 0 Å². The number of hydrogen-bond acceptors (Lipinski definition) is 5. The molecule has 0 radical (unpaired) electrons. The predicted octanol–water partition coefficient (Wildman–Crippen LogP) is 2.99. The Morgan fingerprint density at radius 2 is 2.07 bits per heavy atom. The molecule has 1 amide bonds. The van der Waals surface area contributed by atoms with Crippen LogP contribution in [0.2, 0.25) is 0 Å². The van der Waals surface area contributed by atoms with E-state index in [1.807, 2.05) is 43.7 Å². The quantitative estimate of drug-likeness (QED) is 0.499. The van der Waals surface area contributed by atoms with E-state index in [0.717, 1.165) is 17.0 Å². The molecule has 3 aromatic rings. The Bertz CT molecular complexity index is 1020. The number of anilines is 1. The van der Waals surface area contributed by atoms with Crippen molar-refractivity contribution < 1.29 is 9.72 Å². The number of aromatic nitrogens is 4. The van der Waals surface area contributed by atoms with Crippen LogP contribution in [0, 0.1) is 30.9 Å². The van der Waals surface area contributed by atoms with E-state index in [9.17, 15) is 14.9 Å². The van der Waals surface area contributed by atoms with Gasteiger partial charge in [0.05, 0.1) is 28.5 Å². The van der Waals surface area contributed by atoms with Crippen molar-refractivity contribution in [3.63, 3.8) is 0 Å². The molecule has 0 aliphatic rings. The summed E-state index contributed by atoms with van der Waals surface area (Å²) in [7, 11) is 0. The van der Waals surface area contributed by atoms with Crippen molar-refractivity contribution in [2.24, 2.45) is 0 Å². The predicted molar refractivity (Wildman–Crippen MR) is 104 cm³/mol. The Balaban J connectivity index is 1.64. The van der Waals surface area contributed by atoms with Crippen molar-refractivity contribution in [3.05, 3.63) is 69.3 Å². The molecule has 28 heavy (non-hydrogen) atoms. The van der Waals surface area contributed by atoms with E-state index in [0.29, 0.717) is 12.2 Å². The second-order valence-corrected chi connectivity index (χ2v) is 6.71.